The first-order chi connectivity index (χ1) is 14.3. The van der Waals surface area contributed by atoms with Crippen molar-refractivity contribution in [2.75, 3.05) is 17.7 Å². The number of methoxy groups -OCH3 is 1. The van der Waals surface area contributed by atoms with E-state index in [0.717, 1.165) is 0 Å². The fraction of sp³-hybridized carbons (Fsp3) is 0.0476. The zero-order valence-electron chi connectivity index (χ0n) is 15.4. The third kappa shape index (κ3) is 5.18. The van der Waals surface area contributed by atoms with Gasteiger partial charge >= 0.3 is 0 Å². The van der Waals surface area contributed by atoms with Crippen LogP contribution < -0.4 is 15.4 Å². The van der Waals surface area contributed by atoms with E-state index in [0.29, 0.717) is 21.4 Å². The molecule has 0 heterocycles. The second-order valence-electron chi connectivity index (χ2n) is 6.08. The Kier molecular flexibility index (Phi) is 7.10. The molecule has 3 aromatic rings. The Morgan fingerprint density at radius 3 is 1.93 bits per heavy atom. The van der Waals surface area contributed by atoms with Crippen molar-refractivity contribution in [2.45, 2.75) is 0 Å². The normalized spacial score (nSPS) is 10.4. The third-order valence-corrected chi connectivity index (χ3v) is 5.06. The van der Waals surface area contributed by atoms with Gasteiger partial charge in [0, 0.05) is 21.4 Å². The number of rotatable bonds is 5. The van der Waals surface area contributed by atoms with Crippen molar-refractivity contribution in [1.29, 1.82) is 0 Å². The van der Waals surface area contributed by atoms with Crippen LogP contribution in [-0.4, -0.2) is 18.9 Å². The number of benzene rings is 3. The minimum Gasteiger partial charge on any atom is -0.494 e. The highest BCUT2D eigenvalue weighted by Gasteiger charge is 2.17. The summed E-state index contributed by atoms with van der Waals surface area (Å²) in [5, 5.41) is 6.63. The Morgan fingerprint density at radius 1 is 0.733 bits per heavy atom. The van der Waals surface area contributed by atoms with Crippen LogP contribution in [0.15, 0.2) is 54.6 Å². The summed E-state index contributed by atoms with van der Waals surface area (Å²) in [6.45, 7) is 0. The van der Waals surface area contributed by atoms with E-state index in [2.05, 4.69) is 10.6 Å². The Bertz CT molecular complexity index is 1140. The van der Waals surface area contributed by atoms with Crippen LogP contribution in [0.5, 0.6) is 5.75 Å². The molecule has 0 atom stereocenters. The molecule has 0 bridgehead atoms. The molecule has 0 unspecified atom stereocenters. The lowest BCUT2D eigenvalue weighted by molar-refractivity contribution is 0.101. The van der Waals surface area contributed by atoms with Gasteiger partial charge in [0.25, 0.3) is 11.8 Å². The van der Waals surface area contributed by atoms with E-state index in [1.807, 2.05) is 0 Å². The highest BCUT2D eigenvalue weighted by atomic mass is 35.5. The number of hydrogen-bond donors (Lipinski definition) is 2. The van der Waals surface area contributed by atoms with Gasteiger partial charge in [-0.1, -0.05) is 52.5 Å². The van der Waals surface area contributed by atoms with Crippen molar-refractivity contribution in [1.82, 2.24) is 0 Å². The molecule has 0 aromatic heterocycles. The molecule has 3 rings (SSSR count). The predicted octanol–water partition coefficient (Wildman–Crippen LogP) is 6.81. The van der Waals surface area contributed by atoms with Crippen LogP contribution in [-0.2, 0) is 0 Å². The molecule has 0 saturated carbocycles. The van der Waals surface area contributed by atoms with Crippen LogP contribution in [0.25, 0.3) is 0 Å². The van der Waals surface area contributed by atoms with Gasteiger partial charge in [0.1, 0.15) is 5.75 Å². The Labute approximate surface area is 192 Å². The number of hydrogen-bond acceptors (Lipinski definition) is 3. The molecular formula is C21H14Cl4N2O3. The van der Waals surface area contributed by atoms with Crippen LogP contribution in [0.2, 0.25) is 20.1 Å². The van der Waals surface area contributed by atoms with Gasteiger partial charge in [0.2, 0.25) is 0 Å². The zero-order chi connectivity index (χ0) is 21.8. The molecule has 0 fully saturated rings. The van der Waals surface area contributed by atoms with E-state index in [9.17, 15) is 9.59 Å². The number of halogens is 4. The van der Waals surface area contributed by atoms with Crippen LogP contribution in [0.1, 0.15) is 20.7 Å². The van der Waals surface area contributed by atoms with Gasteiger partial charge in [0.05, 0.1) is 28.3 Å². The Morgan fingerprint density at radius 2 is 1.33 bits per heavy atom. The molecule has 154 valence electrons. The number of ether oxygens (including phenoxy) is 1. The molecule has 0 aliphatic rings. The Hall–Kier alpha value is -2.44. The van der Waals surface area contributed by atoms with Gasteiger partial charge in [-0.3, -0.25) is 9.59 Å². The molecule has 9 heteroatoms. The maximum Gasteiger partial charge on any atom is 0.259 e. The summed E-state index contributed by atoms with van der Waals surface area (Å²) in [7, 11) is 1.41. The first kappa shape index (κ1) is 22.2. The molecule has 2 amide bonds. The van der Waals surface area contributed by atoms with E-state index in [4.69, 9.17) is 51.1 Å². The second kappa shape index (κ2) is 9.58. The zero-order valence-corrected chi connectivity index (χ0v) is 18.5. The summed E-state index contributed by atoms with van der Waals surface area (Å²) in [5.41, 5.74) is 1.35. The third-order valence-electron chi connectivity index (χ3n) is 4.01. The lowest BCUT2D eigenvalue weighted by Crippen LogP contribution is -2.15. The maximum atomic E-state index is 12.7. The second-order valence-corrected chi connectivity index (χ2v) is 7.77. The molecule has 3 aromatic carbocycles. The van der Waals surface area contributed by atoms with Crippen molar-refractivity contribution in [3.63, 3.8) is 0 Å². The molecule has 0 saturated heterocycles. The minimum absolute atomic E-state index is 0.178. The fourth-order valence-electron chi connectivity index (χ4n) is 2.68. The Balaban J connectivity index is 1.79. The van der Waals surface area contributed by atoms with E-state index < -0.39 is 11.8 Å². The summed E-state index contributed by atoms with van der Waals surface area (Å²) >= 11 is 24.0. The van der Waals surface area contributed by atoms with Crippen LogP contribution in [0.4, 0.5) is 11.4 Å². The number of amides is 2. The molecule has 5 nitrogen and oxygen atoms in total. The predicted molar refractivity (Wildman–Crippen MR) is 122 cm³/mol. The number of nitrogens with one attached hydrogen (secondary N) is 2. The van der Waals surface area contributed by atoms with E-state index in [-0.39, 0.29) is 26.9 Å². The molecule has 0 aliphatic heterocycles. The van der Waals surface area contributed by atoms with Crippen LogP contribution in [0, 0.1) is 0 Å². The first-order valence-electron chi connectivity index (χ1n) is 8.49. The van der Waals surface area contributed by atoms with Gasteiger partial charge < -0.3 is 15.4 Å². The highest BCUT2D eigenvalue weighted by Crippen LogP contribution is 2.33. The van der Waals surface area contributed by atoms with Gasteiger partial charge in [-0.25, -0.2) is 0 Å². The molecule has 30 heavy (non-hydrogen) atoms. The van der Waals surface area contributed by atoms with E-state index >= 15 is 0 Å². The van der Waals surface area contributed by atoms with Crippen molar-refractivity contribution in [3.8, 4) is 5.75 Å². The lowest BCUT2D eigenvalue weighted by Gasteiger charge is -2.12. The van der Waals surface area contributed by atoms with Crippen molar-refractivity contribution in [2.24, 2.45) is 0 Å². The van der Waals surface area contributed by atoms with Crippen LogP contribution in [0.3, 0.4) is 0 Å². The highest BCUT2D eigenvalue weighted by molar-refractivity contribution is 6.37. The lowest BCUT2D eigenvalue weighted by atomic mass is 10.1. The minimum atomic E-state index is -0.472. The van der Waals surface area contributed by atoms with Crippen molar-refractivity contribution in [3.05, 3.63) is 85.8 Å². The van der Waals surface area contributed by atoms with Gasteiger partial charge in [0.15, 0.2) is 0 Å². The number of carbonyl (C=O) groups is 2. The monoisotopic (exact) mass is 482 g/mol. The summed E-state index contributed by atoms with van der Waals surface area (Å²) in [6, 6.07) is 14.1. The molecule has 0 aliphatic carbocycles. The van der Waals surface area contributed by atoms with Gasteiger partial charge in [-0.2, -0.15) is 0 Å². The van der Waals surface area contributed by atoms with E-state index in [1.54, 1.807) is 30.3 Å². The van der Waals surface area contributed by atoms with Crippen LogP contribution >= 0.6 is 46.4 Å². The van der Waals surface area contributed by atoms with Crippen molar-refractivity contribution < 1.29 is 14.3 Å². The SMILES string of the molecule is COc1c(Cl)cc(Cl)cc1C(=O)Nc1cccc(NC(=O)c2ccc(Cl)cc2Cl)c1. The molecule has 0 spiro atoms. The average molecular weight is 484 g/mol. The number of anilines is 2. The van der Waals surface area contributed by atoms with Crippen molar-refractivity contribution >= 4 is 69.6 Å². The maximum absolute atomic E-state index is 12.7. The summed E-state index contributed by atoms with van der Waals surface area (Å²) < 4.78 is 5.20. The summed E-state index contributed by atoms with van der Waals surface area (Å²) in [6.07, 6.45) is 0. The average Bonchev–Trinajstić information content (AvgIpc) is 2.67. The number of carbonyl (C=O) groups excluding carboxylic acids is 2. The molecule has 0 radical (unpaired) electrons. The quantitative estimate of drug-likeness (QED) is 0.418. The fourth-order valence-corrected chi connectivity index (χ4v) is 3.75. The summed E-state index contributed by atoms with van der Waals surface area (Å²) in [5.74, 6) is -0.677. The molecule has 2 N–H and O–H groups in total. The first-order valence-corrected chi connectivity index (χ1v) is 10.0. The van der Waals surface area contributed by atoms with Gasteiger partial charge in [-0.15, -0.1) is 0 Å². The van der Waals surface area contributed by atoms with Gasteiger partial charge in [-0.05, 0) is 48.5 Å². The molecular weight excluding hydrogens is 470 g/mol. The topological polar surface area (TPSA) is 67.4 Å². The smallest absolute Gasteiger partial charge is 0.259 e. The summed E-state index contributed by atoms with van der Waals surface area (Å²) in [4.78, 5) is 25.2. The largest absolute Gasteiger partial charge is 0.494 e. The van der Waals surface area contributed by atoms with E-state index in [1.165, 1.54) is 31.4 Å². The standard InChI is InChI=1S/C21H14Cl4N2O3/c1-30-19-16(7-12(23)9-18(19)25)21(29)27-14-4-2-3-13(10-14)26-20(28)15-6-5-11(22)8-17(15)24/h2-10H,1H3,(H,26,28)(H,27,29).